The van der Waals surface area contributed by atoms with Crippen LogP contribution in [-0.4, -0.2) is 25.7 Å². The predicted molar refractivity (Wildman–Crippen MR) is 87.6 cm³/mol. The van der Waals surface area contributed by atoms with Crippen molar-refractivity contribution in [2.45, 2.75) is 32.2 Å². The van der Waals surface area contributed by atoms with E-state index in [1.165, 1.54) is 24.3 Å². The summed E-state index contributed by atoms with van der Waals surface area (Å²) in [6.07, 6.45) is 0. The Morgan fingerprint density at radius 2 is 1.91 bits per heavy atom. The Bertz CT molecular complexity index is 824. The zero-order chi connectivity index (χ0) is 17.2. The SMILES string of the molecule is CC(=O)Nc1ccc(C)c(S(=O)(=O)N(C)Cc2ccc(C)o2)c1. The topological polar surface area (TPSA) is 79.6 Å². The van der Waals surface area contributed by atoms with E-state index in [9.17, 15) is 13.2 Å². The van der Waals surface area contributed by atoms with Crippen molar-refractivity contribution in [3.63, 3.8) is 0 Å². The minimum Gasteiger partial charge on any atom is -0.465 e. The molecule has 1 amide bonds. The van der Waals surface area contributed by atoms with E-state index < -0.39 is 10.0 Å². The molecule has 2 aromatic rings. The third-order valence-electron chi connectivity index (χ3n) is 3.37. The first-order chi connectivity index (χ1) is 10.7. The Balaban J connectivity index is 2.32. The van der Waals surface area contributed by atoms with Gasteiger partial charge in [-0.25, -0.2) is 8.42 Å². The van der Waals surface area contributed by atoms with Crippen molar-refractivity contribution in [2.75, 3.05) is 12.4 Å². The summed E-state index contributed by atoms with van der Waals surface area (Å²) < 4.78 is 32.2. The van der Waals surface area contributed by atoms with Gasteiger partial charge in [0.2, 0.25) is 15.9 Å². The van der Waals surface area contributed by atoms with Gasteiger partial charge in [-0.3, -0.25) is 4.79 Å². The Labute approximate surface area is 136 Å². The van der Waals surface area contributed by atoms with Crippen LogP contribution in [0.3, 0.4) is 0 Å². The van der Waals surface area contributed by atoms with Crippen LogP contribution in [0.25, 0.3) is 0 Å². The first-order valence-electron chi connectivity index (χ1n) is 7.10. The molecule has 7 heteroatoms. The van der Waals surface area contributed by atoms with E-state index in [1.807, 2.05) is 0 Å². The van der Waals surface area contributed by atoms with Crippen LogP contribution in [0.1, 0.15) is 24.0 Å². The molecule has 0 saturated carbocycles. The normalized spacial score (nSPS) is 11.7. The van der Waals surface area contributed by atoms with Crippen LogP contribution in [0.2, 0.25) is 0 Å². The number of nitrogens with zero attached hydrogens (tertiary/aromatic N) is 1. The van der Waals surface area contributed by atoms with Gasteiger partial charge in [-0.1, -0.05) is 6.07 Å². The molecule has 0 unspecified atom stereocenters. The minimum atomic E-state index is -3.69. The average Bonchev–Trinajstić information content (AvgIpc) is 2.85. The van der Waals surface area contributed by atoms with Gasteiger partial charge in [0.05, 0.1) is 11.4 Å². The lowest BCUT2D eigenvalue weighted by molar-refractivity contribution is -0.114. The number of amides is 1. The zero-order valence-electron chi connectivity index (χ0n) is 13.6. The Morgan fingerprint density at radius 1 is 1.22 bits per heavy atom. The van der Waals surface area contributed by atoms with Gasteiger partial charge in [0.1, 0.15) is 11.5 Å². The second-order valence-corrected chi connectivity index (χ2v) is 7.45. The molecular weight excluding hydrogens is 316 g/mol. The van der Waals surface area contributed by atoms with Crippen LogP contribution in [0.4, 0.5) is 5.69 Å². The van der Waals surface area contributed by atoms with Gasteiger partial charge in [-0.15, -0.1) is 0 Å². The third kappa shape index (κ3) is 4.00. The third-order valence-corrected chi connectivity index (χ3v) is 5.32. The second-order valence-electron chi connectivity index (χ2n) is 5.43. The van der Waals surface area contributed by atoms with Gasteiger partial charge in [-0.2, -0.15) is 4.31 Å². The first kappa shape index (κ1) is 17.2. The summed E-state index contributed by atoms with van der Waals surface area (Å²) in [5, 5.41) is 2.60. The fourth-order valence-electron chi connectivity index (χ4n) is 2.20. The number of aryl methyl sites for hydroxylation is 2. The standard InChI is InChI=1S/C16H20N2O4S/c1-11-5-7-14(17-13(3)19)9-16(11)23(20,21)18(4)10-15-8-6-12(2)22-15/h5-9H,10H2,1-4H3,(H,17,19). The van der Waals surface area contributed by atoms with Crippen LogP contribution < -0.4 is 5.32 Å². The molecule has 1 aromatic heterocycles. The van der Waals surface area contributed by atoms with Crippen molar-refractivity contribution >= 4 is 21.6 Å². The van der Waals surface area contributed by atoms with Crippen LogP contribution in [0.15, 0.2) is 39.6 Å². The average molecular weight is 336 g/mol. The molecule has 0 fully saturated rings. The summed E-state index contributed by atoms with van der Waals surface area (Å²) in [5.74, 6) is 1.05. The van der Waals surface area contributed by atoms with Gasteiger partial charge in [0.15, 0.2) is 0 Å². The fourth-order valence-corrected chi connectivity index (χ4v) is 3.59. The van der Waals surface area contributed by atoms with Crippen LogP contribution in [0.5, 0.6) is 0 Å². The molecule has 1 aromatic carbocycles. The lowest BCUT2D eigenvalue weighted by Crippen LogP contribution is -2.27. The highest BCUT2D eigenvalue weighted by Crippen LogP contribution is 2.24. The minimum absolute atomic E-state index is 0.139. The molecule has 124 valence electrons. The maximum Gasteiger partial charge on any atom is 0.243 e. The first-order valence-corrected chi connectivity index (χ1v) is 8.54. The van der Waals surface area contributed by atoms with Crippen molar-refractivity contribution in [3.05, 3.63) is 47.4 Å². The molecule has 0 radical (unpaired) electrons. The molecule has 0 saturated heterocycles. The molecule has 2 rings (SSSR count). The number of rotatable bonds is 5. The number of benzene rings is 1. The fraction of sp³-hybridized carbons (Fsp3) is 0.312. The van der Waals surface area contributed by atoms with Crippen LogP contribution in [0, 0.1) is 13.8 Å². The molecule has 1 heterocycles. The Kier molecular flexibility index (Phi) is 4.91. The summed E-state index contributed by atoms with van der Waals surface area (Å²) in [6, 6.07) is 8.35. The largest absolute Gasteiger partial charge is 0.465 e. The number of hydrogen-bond acceptors (Lipinski definition) is 4. The summed E-state index contributed by atoms with van der Waals surface area (Å²) >= 11 is 0. The number of sulfonamides is 1. The predicted octanol–water partition coefficient (Wildman–Crippen LogP) is 2.68. The number of hydrogen-bond donors (Lipinski definition) is 1. The van der Waals surface area contributed by atoms with Crippen LogP contribution >= 0.6 is 0 Å². The van der Waals surface area contributed by atoms with E-state index in [2.05, 4.69) is 5.32 Å². The Hall–Kier alpha value is -2.12. The monoisotopic (exact) mass is 336 g/mol. The molecule has 0 spiro atoms. The number of carbonyl (C=O) groups excluding carboxylic acids is 1. The molecule has 23 heavy (non-hydrogen) atoms. The summed E-state index contributed by atoms with van der Waals surface area (Å²) in [7, 11) is -2.20. The number of anilines is 1. The molecule has 0 bridgehead atoms. The van der Waals surface area contributed by atoms with Gasteiger partial charge in [0, 0.05) is 19.7 Å². The van der Waals surface area contributed by atoms with Gasteiger partial charge in [-0.05, 0) is 43.7 Å². The zero-order valence-corrected chi connectivity index (χ0v) is 14.4. The summed E-state index contributed by atoms with van der Waals surface area (Å²) in [5.41, 5.74) is 1.06. The van der Waals surface area contributed by atoms with Crippen molar-refractivity contribution in [1.82, 2.24) is 4.31 Å². The van der Waals surface area contributed by atoms with E-state index in [0.717, 1.165) is 5.76 Å². The van der Waals surface area contributed by atoms with E-state index in [0.29, 0.717) is 17.0 Å². The maximum absolute atomic E-state index is 12.8. The molecule has 0 atom stereocenters. The van der Waals surface area contributed by atoms with E-state index in [1.54, 1.807) is 38.1 Å². The highest BCUT2D eigenvalue weighted by atomic mass is 32.2. The molecule has 1 N–H and O–H groups in total. The van der Waals surface area contributed by atoms with Crippen LogP contribution in [-0.2, 0) is 21.4 Å². The number of carbonyl (C=O) groups is 1. The van der Waals surface area contributed by atoms with E-state index in [4.69, 9.17) is 4.42 Å². The molecular formula is C16H20N2O4S. The van der Waals surface area contributed by atoms with Crippen molar-refractivity contribution in [3.8, 4) is 0 Å². The highest BCUT2D eigenvalue weighted by Gasteiger charge is 2.24. The van der Waals surface area contributed by atoms with E-state index in [-0.39, 0.29) is 17.3 Å². The molecule has 6 nitrogen and oxygen atoms in total. The number of nitrogens with one attached hydrogen (secondary N) is 1. The van der Waals surface area contributed by atoms with Gasteiger partial charge < -0.3 is 9.73 Å². The highest BCUT2D eigenvalue weighted by molar-refractivity contribution is 7.89. The second kappa shape index (κ2) is 6.55. The van der Waals surface area contributed by atoms with Crippen molar-refractivity contribution in [2.24, 2.45) is 0 Å². The van der Waals surface area contributed by atoms with Crippen molar-refractivity contribution < 1.29 is 17.6 Å². The maximum atomic E-state index is 12.8. The number of furan rings is 1. The summed E-state index contributed by atoms with van der Waals surface area (Å²) in [6.45, 7) is 5.04. The quantitative estimate of drug-likeness (QED) is 0.910. The van der Waals surface area contributed by atoms with Gasteiger partial charge >= 0.3 is 0 Å². The lowest BCUT2D eigenvalue weighted by Gasteiger charge is -2.18. The Morgan fingerprint density at radius 3 is 2.48 bits per heavy atom. The molecule has 0 aliphatic rings. The van der Waals surface area contributed by atoms with E-state index >= 15 is 0 Å². The van der Waals surface area contributed by atoms with Gasteiger partial charge in [0.25, 0.3) is 0 Å². The molecule has 0 aliphatic heterocycles. The molecule has 0 aliphatic carbocycles. The lowest BCUT2D eigenvalue weighted by atomic mass is 10.2. The van der Waals surface area contributed by atoms with Crippen molar-refractivity contribution in [1.29, 1.82) is 0 Å². The summed E-state index contributed by atoms with van der Waals surface area (Å²) in [4.78, 5) is 11.3. The smallest absolute Gasteiger partial charge is 0.243 e.